The first-order chi connectivity index (χ1) is 12.6. The van der Waals surface area contributed by atoms with Crippen molar-refractivity contribution in [2.24, 2.45) is 0 Å². The third kappa shape index (κ3) is 3.18. The molecule has 2 aromatic rings. The summed E-state index contributed by atoms with van der Waals surface area (Å²) in [6.45, 7) is 0.182. The fourth-order valence-corrected chi connectivity index (χ4v) is 2.87. The van der Waals surface area contributed by atoms with E-state index in [1.54, 1.807) is 58.8 Å². The van der Waals surface area contributed by atoms with E-state index in [0.717, 1.165) is 11.1 Å². The van der Waals surface area contributed by atoms with Crippen LogP contribution in [0.25, 0.3) is 11.6 Å². The lowest BCUT2D eigenvalue weighted by molar-refractivity contribution is -0.138. The van der Waals surface area contributed by atoms with Crippen molar-refractivity contribution in [3.63, 3.8) is 0 Å². The average Bonchev–Trinajstić information content (AvgIpc) is 2.68. The van der Waals surface area contributed by atoms with Crippen molar-refractivity contribution in [2.45, 2.75) is 6.61 Å². The van der Waals surface area contributed by atoms with Gasteiger partial charge in [-0.05, 0) is 42.0 Å². The first kappa shape index (κ1) is 17.7. The molecule has 0 saturated heterocycles. The van der Waals surface area contributed by atoms with Crippen LogP contribution in [0.3, 0.4) is 0 Å². The van der Waals surface area contributed by atoms with Gasteiger partial charge in [-0.2, -0.15) is 0 Å². The van der Waals surface area contributed by atoms with Gasteiger partial charge in [0.2, 0.25) is 0 Å². The number of hydrogen-bond donors (Lipinski definition) is 0. The van der Waals surface area contributed by atoms with E-state index in [1.807, 2.05) is 6.07 Å². The van der Waals surface area contributed by atoms with Gasteiger partial charge in [0, 0.05) is 11.1 Å². The van der Waals surface area contributed by atoms with Gasteiger partial charge in [-0.25, -0.2) is 4.79 Å². The predicted molar refractivity (Wildman–Crippen MR) is 96.8 cm³/mol. The van der Waals surface area contributed by atoms with Crippen LogP contribution in [-0.2, 0) is 16.1 Å². The molecule has 0 bridgehead atoms. The molecule has 0 N–H and O–H groups in total. The summed E-state index contributed by atoms with van der Waals surface area (Å²) in [5, 5.41) is 0. The van der Waals surface area contributed by atoms with Crippen molar-refractivity contribution >= 4 is 17.6 Å². The largest absolute Gasteiger partial charge is 0.497 e. The number of fused-ring (bicyclic) bond motifs is 1. The number of hydrogen-bond acceptors (Lipinski definition) is 6. The molecule has 0 unspecified atom stereocenters. The van der Waals surface area contributed by atoms with Crippen LogP contribution in [0, 0.1) is 0 Å². The van der Waals surface area contributed by atoms with E-state index in [2.05, 4.69) is 0 Å². The number of ether oxygens (including phenoxy) is 5. The summed E-state index contributed by atoms with van der Waals surface area (Å²) >= 11 is 0. The highest BCUT2D eigenvalue weighted by molar-refractivity contribution is 6.23. The van der Waals surface area contributed by atoms with Gasteiger partial charge in [-0.15, -0.1) is 0 Å². The normalized spacial score (nSPS) is 14.5. The Bertz CT molecular complexity index is 869. The van der Waals surface area contributed by atoms with Crippen LogP contribution in [-0.4, -0.2) is 34.4 Å². The average molecular weight is 356 g/mol. The lowest BCUT2D eigenvalue weighted by Crippen LogP contribution is -2.16. The van der Waals surface area contributed by atoms with Gasteiger partial charge >= 0.3 is 5.97 Å². The maximum absolute atomic E-state index is 12.4. The summed E-state index contributed by atoms with van der Waals surface area (Å²) in [4.78, 5) is 12.4. The molecule has 0 aromatic heterocycles. The van der Waals surface area contributed by atoms with Crippen molar-refractivity contribution in [2.75, 3.05) is 28.4 Å². The van der Waals surface area contributed by atoms with Crippen molar-refractivity contribution in [1.29, 1.82) is 0 Å². The van der Waals surface area contributed by atoms with Crippen molar-refractivity contribution in [3.05, 3.63) is 47.0 Å². The van der Waals surface area contributed by atoms with E-state index < -0.39 is 5.97 Å². The zero-order valence-electron chi connectivity index (χ0n) is 15.1. The zero-order chi connectivity index (χ0) is 18.7. The molecule has 1 aliphatic heterocycles. The van der Waals surface area contributed by atoms with E-state index in [0.29, 0.717) is 34.1 Å². The molecule has 0 fully saturated rings. The highest BCUT2D eigenvalue weighted by Gasteiger charge is 2.26. The predicted octanol–water partition coefficient (Wildman–Crippen LogP) is 3.32. The van der Waals surface area contributed by atoms with Gasteiger partial charge in [0.05, 0.1) is 34.0 Å². The molecular weight excluding hydrogens is 336 g/mol. The van der Waals surface area contributed by atoms with Crippen LogP contribution in [0.2, 0.25) is 0 Å². The minimum Gasteiger partial charge on any atom is -0.497 e. The molecule has 1 heterocycles. The highest BCUT2D eigenvalue weighted by Crippen LogP contribution is 2.38. The molecule has 0 saturated carbocycles. The topological polar surface area (TPSA) is 63.2 Å². The van der Waals surface area contributed by atoms with Gasteiger partial charge in [-0.1, -0.05) is 0 Å². The molecular formula is C20H20O6. The van der Waals surface area contributed by atoms with Crippen LogP contribution in [0.15, 0.2) is 30.3 Å². The van der Waals surface area contributed by atoms with Crippen LogP contribution >= 0.6 is 0 Å². The lowest BCUT2D eigenvalue weighted by atomic mass is 9.95. The summed E-state index contributed by atoms with van der Waals surface area (Å²) in [5.41, 5.74) is 2.71. The molecule has 2 aromatic carbocycles. The Kier molecular flexibility index (Phi) is 5.02. The van der Waals surface area contributed by atoms with E-state index in [1.165, 1.54) is 0 Å². The number of rotatable bonds is 5. The Hall–Kier alpha value is -3.15. The Morgan fingerprint density at radius 3 is 2.23 bits per heavy atom. The lowest BCUT2D eigenvalue weighted by Gasteiger charge is -2.21. The van der Waals surface area contributed by atoms with Gasteiger partial charge in [0.1, 0.15) is 18.1 Å². The number of carbonyl (C=O) groups excluding carboxylic acids is 1. The minimum absolute atomic E-state index is 0.182. The number of methoxy groups -OCH3 is 4. The maximum atomic E-state index is 12.4. The van der Waals surface area contributed by atoms with Crippen molar-refractivity contribution in [3.8, 4) is 23.0 Å². The summed E-state index contributed by atoms with van der Waals surface area (Å²) in [6.07, 6.45) is 1.73. The fourth-order valence-electron chi connectivity index (χ4n) is 2.87. The molecule has 0 aliphatic carbocycles. The smallest absolute Gasteiger partial charge is 0.339 e. The van der Waals surface area contributed by atoms with Gasteiger partial charge in [0.25, 0.3) is 0 Å². The summed E-state index contributed by atoms with van der Waals surface area (Å²) in [6, 6.07) is 8.98. The Morgan fingerprint density at radius 1 is 0.885 bits per heavy atom. The minimum atomic E-state index is -0.408. The third-order valence-corrected chi connectivity index (χ3v) is 4.21. The summed E-state index contributed by atoms with van der Waals surface area (Å²) < 4.78 is 26.7. The molecule has 0 atom stereocenters. The van der Waals surface area contributed by atoms with Crippen LogP contribution < -0.4 is 18.9 Å². The number of carbonyl (C=O) groups is 1. The molecule has 0 amide bonds. The Labute approximate surface area is 151 Å². The standard InChI is InChI=1S/C20H20O6/c1-22-14-5-6-17(23-2)12(7-14)8-16-15-10-19(25-4)18(24-3)9-13(15)11-26-20(16)21/h5-10H,11H2,1-4H3/b16-8-. The quantitative estimate of drug-likeness (QED) is 0.605. The second kappa shape index (κ2) is 7.39. The van der Waals surface area contributed by atoms with Crippen LogP contribution in [0.5, 0.6) is 23.0 Å². The molecule has 0 radical (unpaired) electrons. The van der Waals surface area contributed by atoms with Crippen molar-refractivity contribution < 1.29 is 28.5 Å². The number of benzene rings is 2. The number of cyclic esters (lactones) is 1. The van der Waals surface area contributed by atoms with Crippen molar-refractivity contribution in [1.82, 2.24) is 0 Å². The molecule has 6 heteroatoms. The molecule has 1 aliphatic rings. The SMILES string of the molecule is COc1ccc(OC)c(/C=C2\C(=O)OCc3cc(OC)c(OC)cc32)c1. The maximum Gasteiger partial charge on any atom is 0.339 e. The first-order valence-corrected chi connectivity index (χ1v) is 7.97. The van der Waals surface area contributed by atoms with E-state index in [4.69, 9.17) is 23.7 Å². The zero-order valence-corrected chi connectivity index (χ0v) is 15.1. The second-order valence-corrected chi connectivity index (χ2v) is 5.61. The van der Waals surface area contributed by atoms with Gasteiger partial charge in [0.15, 0.2) is 11.5 Å². The molecule has 6 nitrogen and oxygen atoms in total. The molecule has 0 spiro atoms. The van der Waals surface area contributed by atoms with Gasteiger partial charge in [-0.3, -0.25) is 0 Å². The fraction of sp³-hybridized carbons (Fsp3) is 0.250. The van der Waals surface area contributed by atoms with Crippen LogP contribution in [0.1, 0.15) is 16.7 Å². The Morgan fingerprint density at radius 2 is 1.58 bits per heavy atom. The number of esters is 1. The van der Waals surface area contributed by atoms with E-state index >= 15 is 0 Å². The Balaban J connectivity index is 2.17. The van der Waals surface area contributed by atoms with E-state index in [-0.39, 0.29) is 6.61 Å². The first-order valence-electron chi connectivity index (χ1n) is 7.97. The molecule has 3 rings (SSSR count). The summed E-state index contributed by atoms with van der Waals surface area (Å²) in [7, 11) is 6.28. The monoisotopic (exact) mass is 356 g/mol. The van der Waals surface area contributed by atoms with E-state index in [9.17, 15) is 4.79 Å². The summed E-state index contributed by atoms with van der Waals surface area (Å²) in [5.74, 6) is 2.01. The molecule has 26 heavy (non-hydrogen) atoms. The second-order valence-electron chi connectivity index (χ2n) is 5.61. The highest BCUT2D eigenvalue weighted by atomic mass is 16.5. The third-order valence-electron chi connectivity index (χ3n) is 4.21. The van der Waals surface area contributed by atoms with Gasteiger partial charge < -0.3 is 23.7 Å². The van der Waals surface area contributed by atoms with Crippen LogP contribution in [0.4, 0.5) is 0 Å². The molecule has 136 valence electrons.